The lowest BCUT2D eigenvalue weighted by molar-refractivity contribution is 0.0119. The number of halogens is 3. The summed E-state index contributed by atoms with van der Waals surface area (Å²) < 4.78 is 31.5. The first-order valence-corrected chi connectivity index (χ1v) is 6.88. The first-order chi connectivity index (χ1) is 10.2. The van der Waals surface area contributed by atoms with Crippen molar-refractivity contribution in [3.8, 4) is 0 Å². The quantitative estimate of drug-likeness (QED) is 0.865. The van der Waals surface area contributed by atoms with Crippen LogP contribution in [0.1, 0.15) is 41.5 Å². The number of alkyl halides is 2. The minimum atomic E-state index is -3.15. The number of nitrogens with one attached hydrogen (secondary N) is 1. The average Bonchev–Trinajstić information content (AvgIpc) is 2.85. The predicted molar refractivity (Wildman–Crippen MR) is 84.2 cm³/mol. The number of hydrogen-bond donors (Lipinski definition) is 2. The molecule has 2 aromatic heterocycles. The van der Waals surface area contributed by atoms with Gasteiger partial charge in [-0.15, -0.1) is 12.4 Å². The van der Waals surface area contributed by atoms with Crippen LogP contribution in [0.4, 0.5) is 8.78 Å². The van der Waals surface area contributed by atoms with Crippen LogP contribution in [0.5, 0.6) is 0 Å². The van der Waals surface area contributed by atoms with E-state index in [1.165, 1.54) is 0 Å². The largest absolute Gasteiger partial charge is 0.346 e. The van der Waals surface area contributed by atoms with Crippen LogP contribution in [0.25, 0.3) is 11.1 Å². The fourth-order valence-electron chi connectivity index (χ4n) is 1.97. The molecule has 9 heteroatoms. The highest BCUT2D eigenvalue weighted by atomic mass is 35.5. The smallest absolute Gasteiger partial charge is 0.277 e. The highest BCUT2D eigenvalue weighted by Gasteiger charge is 2.28. The van der Waals surface area contributed by atoms with Crippen molar-refractivity contribution >= 4 is 29.4 Å². The number of aryl methyl sites for hydroxylation is 1. The Hall–Kier alpha value is -1.80. The number of hydrogen-bond acceptors (Lipinski definition) is 5. The van der Waals surface area contributed by atoms with Crippen LogP contribution in [0, 0.1) is 6.92 Å². The van der Waals surface area contributed by atoms with E-state index in [2.05, 4.69) is 15.5 Å². The van der Waals surface area contributed by atoms with Gasteiger partial charge in [-0.1, -0.05) is 19.0 Å². The Morgan fingerprint density at radius 1 is 1.48 bits per heavy atom. The molecule has 2 rings (SSSR count). The minimum Gasteiger partial charge on any atom is -0.346 e. The molecule has 0 aliphatic carbocycles. The number of nitrogens with two attached hydrogens (primary N) is 1. The van der Waals surface area contributed by atoms with Gasteiger partial charge in [-0.2, -0.15) is 0 Å². The van der Waals surface area contributed by atoms with E-state index >= 15 is 0 Å². The van der Waals surface area contributed by atoms with Crippen LogP contribution in [-0.2, 0) is 0 Å². The molecule has 0 radical (unpaired) electrons. The zero-order valence-corrected chi connectivity index (χ0v) is 13.8. The molecule has 23 heavy (non-hydrogen) atoms. The van der Waals surface area contributed by atoms with Crippen molar-refractivity contribution in [3.05, 3.63) is 23.0 Å². The van der Waals surface area contributed by atoms with E-state index in [0.717, 1.165) is 0 Å². The minimum absolute atomic E-state index is 0. The summed E-state index contributed by atoms with van der Waals surface area (Å²) in [4.78, 5) is 16.6. The second-order valence-corrected chi connectivity index (χ2v) is 5.44. The monoisotopic (exact) mass is 348 g/mol. The summed E-state index contributed by atoms with van der Waals surface area (Å²) in [6.07, 6.45) is 0. The molecule has 2 heterocycles. The van der Waals surface area contributed by atoms with E-state index in [9.17, 15) is 13.6 Å². The Bertz CT molecular complexity index is 703. The van der Waals surface area contributed by atoms with Gasteiger partial charge in [-0.3, -0.25) is 4.79 Å². The Kier molecular flexibility index (Phi) is 6.01. The highest BCUT2D eigenvalue weighted by molar-refractivity contribution is 6.06. The van der Waals surface area contributed by atoms with Crippen molar-refractivity contribution in [1.82, 2.24) is 15.5 Å². The summed E-state index contributed by atoms with van der Waals surface area (Å²) in [7, 11) is 0. The number of aromatic nitrogens is 2. The molecular formula is C14H19ClF2N4O2. The molecule has 6 nitrogen and oxygen atoms in total. The van der Waals surface area contributed by atoms with Gasteiger partial charge in [-0.05, 0) is 18.9 Å². The van der Waals surface area contributed by atoms with Crippen LogP contribution in [-0.4, -0.2) is 35.1 Å². The van der Waals surface area contributed by atoms with Crippen LogP contribution in [0.3, 0.4) is 0 Å². The second-order valence-electron chi connectivity index (χ2n) is 5.44. The molecule has 0 aliphatic heterocycles. The fourth-order valence-corrected chi connectivity index (χ4v) is 1.97. The van der Waals surface area contributed by atoms with Gasteiger partial charge in [0.05, 0.1) is 29.7 Å². The molecule has 0 fully saturated rings. The van der Waals surface area contributed by atoms with Crippen molar-refractivity contribution in [3.63, 3.8) is 0 Å². The predicted octanol–water partition coefficient (Wildman–Crippen LogP) is 2.40. The number of carbonyl (C=O) groups is 1. The van der Waals surface area contributed by atoms with Crippen molar-refractivity contribution in [2.24, 2.45) is 5.73 Å². The lowest BCUT2D eigenvalue weighted by atomic mass is 10.0. The first-order valence-electron chi connectivity index (χ1n) is 6.88. The number of carbonyl (C=O) groups excluding carboxylic acids is 1. The molecule has 0 unspecified atom stereocenters. The molecule has 0 saturated heterocycles. The molecule has 2 aromatic rings. The van der Waals surface area contributed by atoms with E-state index in [1.807, 2.05) is 13.8 Å². The van der Waals surface area contributed by atoms with Crippen LogP contribution < -0.4 is 11.1 Å². The molecule has 0 aliphatic rings. The maximum Gasteiger partial charge on any atom is 0.277 e. The number of fused-ring (bicyclic) bond motifs is 1. The third kappa shape index (κ3) is 4.14. The van der Waals surface area contributed by atoms with E-state index in [1.54, 1.807) is 13.0 Å². The maximum absolute atomic E-state index is 13.2. The van der Waals surface area contributed by atoms with Crippen LogP contribution in [0.15, 0.2) is 10.6 Å². The van der Waals surface area contributed by atoms with Crippen molar-refractivity contribution in [1.29, 1.82) is 0 Å². The molecule has 128 valence electrons. The van der Waals surface area contributed by atoms with Crippen LogP contribution in [0.2, 0.25) is 0 Å². The molecule has 3 N–H and O–H groups in total. The first kappa shape index (κ1) is 19.2. The SMILES string of the molecule is Cc1noc2nc(C(C)C)cc(C(=O)NCC(F)(F)CN)c12.Cl. The van der Waals surface area contributed by atoms with Gasteiger partial charge in [0.1, 0.15) is 0 Å². The fraction of sp³-hybridized carbons (Fsp3) is 0.500. The van der Waals surface area contributed by atoms with Crippen LogP contribution >= 0.6 is 12.4 Å². The summed E-state index contributed by atoms with van der Waals surface area (Å²) in [6.45, 7) is 3.81. The number of nitrogens with zero attached hydrogens (tertiary/aromatic N) is 2. The van der Waals surface area contributed by atoms with Gasteiger partial charge >= 0.3 is 0 Å². The molecule has 0 spiro atoms. The van der Waals surface area contributed by atoms with Crippen molar-refractivity contribution in [2.45, 2.75) is 32.6 Å². The number of amides is 1. The summed E-state index contributed by atoms with van der Waals surface area (Å²) in [5.41, 5.74) is 6.51. The molecule has 0 atom stereocenters. The molecule has 1 amide bonds. The van der Waals surface area contributed by atoms with E-state index in [-0.39, 0.29) is 29.6 Å². The Balaban J connectivity index is 0.00000264. The van der Waals surface area contributed by atoms with E-state index in [0.29, 0.717) is 16.8 Å². The summed E-state index contributed by atoms with van der Waals surface area (Å²) in [5.74, 6) is -3.73. The second kappa shape index (κ2) is 7.18. The van der Waals surface area contributed by atoms with Gasteiger partial charge in [0.2, 0.25) is 0 Å². The molecule has 0 aromatic carbocycles. The summed E-state index contributed by atoms with van der Waals surface area (Å²) in [6, 6.07) is 1.58. The Labute approximate surface area is 138 Å². The van der Waals surface area contributed by atoms with Gasteiger partial charge in [0.25, 0.3) is 17.5 Å². The normalized spacial score (nSPS) is 11.6. The third-order valence-electron chi connectivity index (χ3n) is 3.28. The van der Waals surface area contributed by atoms with Crippen molar-refractivity contribution < 1.29 is 18.1 Å². The van der Waals surface area contributed by atoms with Gasteiger partial charge in [-0.25, -0.2) is 13.8 Å². The summed E-state index contributed by atoms with van der Waals surface area (Å²) in [5, 5.41) is 6.41. The lowest BCUT2D eigenvalue weighted by Crippen LogP contribution is -2.41. The summed E-state index contributed by atoms with van der Waals surface area (Å²) >= 11 is 0. The molecular weight excluding hydrogens is 330 g/mol. The molecule has 0 saturated carbocycles. The van der Waals surface area contributed by atoms with Gasteiger partial charge < -0.3 is 15.6 Å². The molecule has 0 bridgehead atoms. The standard InChI is InChI=1S/C14H18F2N4O2.ClH/c1-7(2)10-4-9(11-8(3)20-22-13(11)19-10)12(21)18-6-14(15,16)5-17;/h4,7H,5-6,17H2,1-3H3,(H,18,21);1H. The topological polar surface area (TPSA) is 94.0 Å². The van der Waals surface area contributed by atoms with Gasteiger partial charge in [0, 0.05) is 5.69 Å². The zero-order chi connectivity index (χ0) is 16.5. The highest BCUT2D eigenvalue weighted by Crippen LogP contribution is 2.25. The zero-order valence-electron chi connectivity index (χ0n) is 13.0. The average molecular weight is 349 g/mol. The van der Waals surface area contributed by atoms with Gasteiger partial charge in [0.15, 0.2) is 0 Å². The van der Waals surface area contributed by atoms with E-state index < -0.39 is 24.9 Å². The Morgan fingerprint density at radius 3 is 2.70 bits per heavy atom. The van der Waals surface area contributed by atoms with Crippen molar-refractivity contribution in [2.75, 3.05) is 13.1 Å². The lowest BCUT2D eigenvalue weighted by Gasteiger charge is -2.15. The maximum atomic E-state index is 13.2. The number of pyridine rings is 1. The third-order valence-corrected chi connectivity index (χ3v) is 3.28. The Morgan fingerprint density at radius 2 is 2.13 bits per heavy atom. The van der Waals surface area contributed by atoms with E-state index in [4.69, 9.17) is 10.3 Å². The number of rotatable bonds is 5.